The molecule has 0 amide bonds. The Labute approximate surface area is 73.8 Å². The van der Waals surface area contributed by atoms with E-state index in [2.05, 4.69) is 17.3 Å². The lowest BCUT2D eigenvalue weighted by atomic mass is 10.5. The van der Waals surface area contributed by atoms with E-state index in [1.54, 1.807) is 6.33 Å². The number of aromatic nitrogens is 2. The van der Waals surface area contributed by atoms with E-state index in [0.29, 0.717) is 0 Å². The van der Waals surface area contributed by atoms with Gasteiger partial charge in [-0.05, 0) is 13.3 Å². The minimum atomic E-state index is 0.917. The van der Waals surface area contributed by atoms with Gasteiger partial charge >= 0.3 is 0 Å². The van der Waals surface area contributed by atoms with E-state index in [0.717, 1.165) is 13.0 Å². The Hall–Kier alpha value is -0.870. The summed E-state index contributed by atoms with van der Waals surface area (Å²) < 4.78 is 1.97. The molecule has 70 valence electrons. The molecular weight excluding hydrogens is 152 g/mol. The zero-order valence-electron chi connectivity index (χ0n) is 8.04. The standard InChI is InChI=1S/C5H8N2.C3H10N2/c1-5-3-6-4-7(5)2;1-2-3-5-4/h3-4H,1-2H3;5H,2-4H2,1H3. The smallest absolute Gasteiger partial charge is 0.0945 e. The van der Waals surface area contributed by atoms with Crippen LogP contribution < -0.4 is 11.3 Å². The van der Waals surface area contributed by atoms with Crippen molar-refractivity contribution < 1.29 is 0 Å². The van der Waals surface area contributed by atoms with Crippen LogP contribution in [0.1, 0.15) is 19.0 Å². The summed E-state index contributed by atoms with van der Waals surface area (Å²) in [5.41, 5.74) is 3.71. The van der Waals surface area contributed by atoms with E-state index in [9.17, 15) is 0 Å². The first-order valence-corrected chi connectivity index (χ1v) is 4.08. The van der Waals surface area contributed by atoms with Crippen LogP contribution in [0, 0.1) is 6.92 Å². The van der Waals surface area contributed by atoms with Crippen LogP contribution in [0.15, 0.2) is 12.5 Å². The molecule has 0 bridgehead atoms. The second-order valence-corrected chi connectivity index (χ2v) is 2.60. The van der Waals surface area contributed by atoms with Crippen molar-refractivity contribution in [2.24, 2.45) is 12.9 Å². The fourth-order valence-corrected chi connectivity index (χ4v) is 0.568. The highest BCUT2D eigenvalue weighted by Crippen LogP contribution is 1.88. The third-order valence-corrected chi connectivity index (χ3v) is 1.45. The summed E-state index contributed by atoms with van der Waals surface area (Å²) in [4.78, 5) is 3.88. The number of hydrazine groups is 1. The topological polar surface area (TPSA) is 55.9 Å². The molecule has 1 aromatic heterocycles. The summed E-state index contributed by atoms with van der Waals surface area (Å²) in [7, 11) is 1.97. The van der Waals surface area contributed by atoms with Crippen molar-refractivity contribution >= 4 is 0 Å². The zero-order chi connectivity index (χ0) is 9.40. The first kappa shape index (κ1) is 11.1. The van der Waals surface area contributed by atoms with Gasteiger partial charge in [-0.3, -0.25) is 11.3 Å². The molecule has 0 unspecified atom stereocenters. The number of nitrogens with two attached hydrogens (primary N) is 1. The van der Waals surface area contributed by atoms with Gasteiger partial charge in [-0.2, -0.15) is 0 Å². The summed E-state index contributed by atoms with van der Waals surface area (Å²) in [5, 5.41) is 0. The van der Waals surface area contributed by atoms with Crippen molar-refractivity contribution in [2.75, 3.05) is 6.54 Å². The molecule has 12 heavy (non-hydrogen) atoms. The molecule has 0 aliphatic carbocycles. The van der Waals surface area contributed by atoms with Crippen molar-refractivity contribution in [3.8, 4) is 0 Å². The lowest BCUT2D eigenvalue weighted by Gasteiger charge is -1.87. The van der Waals surface area contributed by atoms with E-state index < -0.39 is 0 Å². The lowest BCUT2D eigenvalue weighted by molar-refractivity contribution is 0.714. The van der Waals surface area contributed by atoms with Crippen LogP contribution in [0.25, 0.3) is 0 Å². The number of imidazole rings is 1. The van der Waals surface area contributed by atoms with Crippen LogP contribution >= 0.6 is 0 Å². The Kier molecular flexibility index (Phi) is 6.32. The minimum Gasteiger partial charge on any atom is -0.338 e. The summed E-state index contributed by atoms with van der Waals surface area (Å²) in [6.45, 7) is 5.01. The molecule has 0 spiro atoms. The van der Waals surface area contributed by atoms with E-state index in [1.165, 1.54) is 5.69 Å². The highest BCUT2D eigenvalue weighted by molar-refractivity contribution is 4.91. The van der Waals surface area contributed by atoms with Crippen molar-refractivity contribution in [2.45, 2.75) is 20.3 Å². The summed E-state index contributed by atoms with van der Waals surface area (Å²) in [6.07, 6.45) is 4.73. The van der Waals surface area contributed by atoms with Gasteiger partial charge in [-0.15, -0.1) is 0 Å². The zero-order valence-corrected chi connectivity index (χ0v) is 8.04. The van der Waals surface area contributed by atoms with Crippen LogP contribution in [0.2, 0.25) is 0 Å². The largest absolute Gasteiger partial charge is 0.338 e. The Morgan fingerprint density at radius 2 is 2.33 bits per heavy atom. The normalized spacial score (nSPS) is 9.00. The highest BCUT2D eigenvalue weighted by Gasteiger charge is 1.83. The first-order valence-electron chi connectivity index (χ1n) is 4.08. The molecule has 0 saturated carbocycles. The van der Waals surface area contributed by atoms with Gasteiger partial charge in [0.05, 0.1) is 6.33 Å². The molecule has 0 aliphatic rings. The second kappa shape index (κ2) is 6.82. The molecule has 0 aliphatic heterocycles. The van der Waals surface area contributed by atoms with E-state index in [4.69, 9.17) is 5.84 Å². The van der Waals surface area contributed by atoms with E-state index >= 15 is 0 Å². The van der Waals surface area contributed by atoms with Crippen LogP contribution in [0.5, 0.6) is 0 Å². The summed E-state index contributed by atoms with van der Waals surface area (Å²) in [6, 6.07) is 0. The number of nitrogens with one attached hydrogen (secondary N) is 1. The van der Waals surface area contributed by atoms with Crippen LogP contribution in [-0.4, -0.2) is 16.1 Å². The third-order valence-electron chi connectivity index (χ3n) is 1.45. The number of hydrogen-bond donors (Lipinski definition) is 2. The van der Waals surface area contributed by atoms with E-state index in [-0.39, 0.29) is 0 Å². The monoisotopic (exact) mass is 170 g/mol. The molecule has 1 rings (SSSR count). The van der Waals surface area contributed by atoms with Crippen molar-refractivity contribution in [3.63, 3.8) is 0 Å². The van der Waals surface area contributed by atoms with Crippen molar-refractivity contribution in [1.82, 2.24) is 15.0 Å². The molecule has 0 atom stereocenters. The maximum absolute atomic E-state index is 4.89. The quantitative estimate of drug-likeness (QED) is 0.504. The van der Waals surface area contributed by atoms with Crippen LogP contribution in [0.4, 0.5) is 0 Å². The fraction of sp³-hybridized carbons (Fsp3) is 0.625. The van der Waals surface area contributed by atoms with Gasteiger partial charge < -0.3 is 4.57 Å². The molecule has 1 aromatic rings. The summed E-state index contributed by atoms with van der Waals surface area (Å²) >= 11 is 0. The SMILES string of the molecule is CCCNN.Cc1cncn1C. The highest BCUT2D eigenvalue weighted by atomic mass is 15.2. The minimum absolute atomic E-state index is 0.917. The predicted octanol–water partition coefficient (Wildman–Crippen LogP) is 0.588. The molecule has 0 aromatic carbocycles. The molecule has 1 heterocycles. The van der Waals surface area contributed by atoms with Gasteiger partial charge in [-0.25, -0.2) is 4.98 Å². The molecule has 4 heteroatoms. The number of rotatable bonds is 2. The lowest BCUT2D eigenvalue weighted by Crippen LogP contribution is -2.21. The first-order chi connectivity index (χ1) is 5.72. The Morgan fingerprint density at radius 3 is 2.42 bits per heavy atom. The molecular formula is C8H18N4. The molecule has 0 fully saturated rings. The third kappa shape index (κ3) is 4.87. The molecule has 0 saturated heterocycles. The van der Waals surface area contributed by atoms with Crippen LogP contribution in [0.3, 0.4) is 0 Å². The maximum atomic E-state index is 4.89. The van der Waals surface area contributed by atoms with Gasteiger partial charge in [0.1, 0.15) is 0 Å². The second-order valence-electron chi connectivity index (χ2n) is 2.60. The predicted molar refractivity (Wildman–Crippen MR) is 50.4 cm³/mol. The van der Waals surface area contributed by atoms with Gasteiger partial charge in [0.25, 0.3) is 0 Å². The average Bonchev–Trinajstić information content (AvgIpc) is 2.39. The maximum Gasteiger partial charge on any atom is 0.0945 e. The van der Waals surface area contributed by atoms with Gasteiger partial charge in [0, 0.05) is 25.5 Å². The Balaban J connectivity index is 0.000000217. The van der Waals surface area contributed by atoms with Crippen molar-refractivity contribution in [3.05, 3.63) is 18.2 Å². The Bertz CT molecular complexity index is 176. The summed E-state index contributed by atoms with van der Waals surface area (Å²) in [5.74, 6) is 4.89. The van der Waals surface area contributed by atoms with Gasteiger partial charge in [0.15, 0.2) is 0 Å². The van der Waals surface area contributed by atoms with Crippen molar-refractivity contribution in [1.29, 1.82) is 0 Å². The molecule has 3 N–H and O–H groups in total. The number of aryl methyl sites for hydroxylation is 2. The van der Waals surface area contributed by atoms with Crippen LogP contribution in [-0.2, 0) is 7.05 Å². The number of hydrogen-bond acceptors (Lipinski definition) is 3. The average molecular weight is 170 g/mol. The Morgan fingerprint density at radius 1 is 1.67 bits per heavy atom. The fourth-order valence-electron chi connectivity index (χ4n) is 0.568. The van der Waals surface area contributed by atoms with Gasteiger partial charge in [0.2, 0.25) is 0 Å². The van der Waals surface area contributed by atoms with Gasteiger partial charge in [-0.1, -0.05) is 6.92 Å². The van der Waals surface area contributed by atoms with E-state index in [1.807, 2.05) is 24.7 Å². The molecule has 0 radical (unpaired) electrons. The number of nitrogens with zero attached hydrogens (tertiary/aromatic N) is 2. The molecule has 4 nitrogen and oxygen atoms in total.